The lowest BCUT2D eigenvalue weighted by atomic mass is 9.74. The summed E-state index contributed by atoms with van der Waals surface area (Å²) in [5, 5.41) is 2.94. The molecule has 0 aliphatic carbocycles. The van der Waals surface area contributed by atoms with Crippen LogP contribution in [0.15, 0.2) is 101 Å². The summed E-state index contributed by atoms with van der Waals surface area (Å²) in [6.07, 6.45) is 0. The molecular weight excluding hydrogens is 480 g/mol. The maximum Gasteiger partial charge on any atom is 0.254 e. The van der Waals surface area contributed by atoms with Crippen molar-refractivity contribution in [3.63, 3.8) is 0 Å². The Labute approximate surface area is 201 Å². The molecule has 1 N–H and O–H groups in total. The maximum absolute atomic E-state index is 13.7. The molecule has 2 atom stereocenters. The Morgan fingerprint density at radius 2 is 1.45 bits per heavy atom. The minimum absolute atomic E-state index is 0.286. The van der Waals surface area contributed by atoms with Gasteiger partial charge in [-0.2, -0.15) is 0 Å². The quantitative estimate of drug-likeness (QED) is 0.455. The van der Waals surface area contributed by atoms with Crippen molar-refractivity contribution >= 4 is 44.9 Å². The van der Waals surface area contributed by atoms with E-state index in [1.165, 1.54) is 11.8 Å². The number of hydrogen-bond acceptors (Lipinski definition) is 3. The number of ketones is 1. The number of hydrogen-bond donors (Lipinski definition) is 1. The smallest absolute Gasteiger partial charge is 0.254 e. The molecule has 166 valence electrons. The van der Waals surface area contributed by atoms with Crippen LogP contribution in [0.4, 0.5) is 11.4 Å². The van der Waals surface area contributed by atoms with Gasteiger partial charge in [-0.25, -0.2) is 0 Å². The standard InChI is InChI=1S/C27H23BrN2O3/c1-17-23(26(32)29-21-9-5-3-6-10-21)25(19-13-15-20(28)16-14-19)24(18(2)31)27(33)30(17)22-11-7-4-8-12-22/h3-16,24-25H,1-2H3,(H,29,32)/t24-,25+/m0/s1. The van der Waals surface area contributed by atoms with Gasteiger partial charge in [-0.3, -0.25) is 19.3 Å². The van der Waals surface area contributed by atoms with Gasteiger partial charge in [0.15, 0.2) is 0 Å². The minimum Gasteiger partial charge on any atom is -0.322 e. The van der Waals surface area contributed by atoms with Crippen molar-refractivity contribution in [1.29, 1.82) is 0 Å². The Hall–Kier alpha value is -3.51. The van der Waals surface area contributed by atoms with Crippen molar-refractivity contribution in [2.24, 2.45) is 5.92 Å². The second-order valence-corrected chi connectivity index (χ2v) is 8.86. The molecular formula is C27H23BrN2O3. The van der Waals surface area contributed by atoms with E-state index in [-0.39, 0.29) is 17.6 Å². The SMILES string of the molecule is CC(=O)[C@@H]1C(=O)N(c2ccccc2)C(C)=C(C(=O)Nc2ccccc2)[C@H]1c1ccc(Br)cc1. The van der Waals surface area contributed by atoms with E-state index in [4.69, 9.17) is 0 Å². The normalized spacial score (nSPS) is 18.3. The van der Waals surface area contributed by atoms with Crippen LogP contribution in [0.5, 0.6) is 0 Å². The average Bonchev–Trinajstić information content (AvgIpc) is 2.80. The third kappa shape index (κ3) is 4.52. The van der Waals surface area contributed by atoms with E-state index < -0.39 is 11.8 Å². The van der Waals surface area contributed by atoms with E-state index in [1.54, 1.807) is 31.2 Å². The summed E-state index contributed by atoms with van der Waals surface area (Å²) in [7, 11) is 0. The summed E-state index contributed by atoms with van der Waals surface area (Å²) in [5.41, 5.74) is 2.89. The van der Waals surface area contributed by atoms with Crippen LogP contribution >= 0.6 is 15.9 Å². The molecule has 3 aromatic carbocycles. The predicted molar refractivity (Wildman–Crippen MR) is 133 cm³/mol. The minimum atomic E-state index is -1.02. The first-order chi connectivity index (χ1) is 15.9. The number of anilines is 2. The monoisotopic (exact) mass is 502 g/mol. The molecule has 0 spiro atoms. The number of benzene rings is 3. The topological polar surface area (TPSA) is 66.5 Å². The first-order valence-electron chi connectivity index (χ1n) is 10.6. The van der Waals surface area contributed by atoms with E-state index in [0.717, 1.165) is 10.0 Å². The molecule has 0 fully saturated rings. The van der Waals surface area contributed by atoms with Crippen molar-refractivity contribution in [2.75, 3.05) is 10.2 Å². The molecule has 0 bridgehead atoms. The summed E-state index contributed by atoms with van der Waals surface area (Å²) in [6, 6.07) is 25.6. The lowest BCUT2D eigenvalue weighted by molar-refractivity contribution is -0.132. The Kier molecular flexibility index (Phi) is 6.56. The highest BCUT2D eigenvalue weighted by Crippen LogP contribution is 2.43. The average molecular weight is 503 g/mol. The van der Waals surface area contributed by atoms with Crippen molar-refractivity contribution in [2.45, 2.75) is 19.8 Å². The molecule has 0 aromatic heterocycles. The number of nitrogens with zero attached hydrogens (tertiary/aromatic N) is 1. The number of nitrogens with one attached hydrogen (secondary N) is 1. The van der Waals surface area contributed by atoms with Crippen molar-refractivity contribution in [3.05, 3.63) is 106 Å². The number of amides is 2. The van der Waals surface area contributed by atoms with Gasteiger partial charge in [0.25, 0.3) is 5.91 Å². The molecule has 1 aliphatic rings. The van der Waals surface area contributed by atoms with Crippen LogP contribution in [-0.2, 0) is 14.4 Å². The number of Topliss-reactive ketones (excluding diaryl/α,β-unsaturated/α-hetero) is 1. The van der Waals surface area contributed by atoms with Gasteiger partial charge in [0.2, 0.25) is 5.91 Å². The Bertz CT molecular complexity index is 1220. The molecule has 0 radical (unpaired) electrons. The lowest BCUT2D eigenvalue weighted by Crippen LogP contribution is -2.48. The Balaban J connectivity index is 1.92. The van der Waals surface area contributed by atoms with Crippen LogP contribution in [0.25, 0.3) is 0 Å². The highest BCUT2D eigenvalue weighted by Gasteiger charge is 2.46. The fourth-order valence-electron chi connectivity index (χ4n) is 4.32. The van der Waals surface area contributed by atoms with Gasteiger partial charge in [0.05, 0.1) is 0 Å². The first-order valence-corrected chi connectivity index (χ1v) is 11.4. The Morgan fingerprint density at radius 1 is 0.879 bits per heavy atom. The van der Waals surface area contributed by atoms with Crippen molar-refractivity contribution in [1.82, 2.24) is 0 Å². The van der Waals surface area contributed by atoms with Gasteiger partial charge in [0.1, 0.15) is 11.7 Å². The summed E-state index contributed by atoms with van der Waals surface area (Å²) in [4.78, 5) is 41.7. The number of para-hydroxylation sites is 2. The predicted octanol–water partition coefficient (Wildman–Crippen LogP) is 5.70. The second-order valence-electron chi connectivity index (χ2n) is 7.95. The molecule has 2 amide bonds. The van der Waals surface area contributed by atoms with Gasteiger partial charge in [-0.1, -0.05) is 64.5 Å². The molecule has 0 unspecified atom stereocenters. The fourth-order valence-corrected chi connectivity index (χ4v) is 4.58. The van der Waals surface area contributed by atoms with Crippen molar-refractivity contribution < 1.29 is 14.4 Å². The number of carbonyl (C=O) groups excluding carboxylic acids is 3. The third-order valence-corrected chi connectivity index (χ3v) is 6.34. The molecule has 0 saturated heterocycles. The molecule has 0 saturated carbocycles. The zero-order chi connectivity index (χ0) is 23.5. The fraction of sp³-hybridized carbons (Fsp3) is 0.148. The van der Waals surface area contributed by atoms with Crippen LogP contribution in [0.3, 0.4) is 0 Å². The van der Waals surface area contributed by atoms with Crippen LogP contribution in [0.2, 0.25) is 0 Å². The number of carbonyl (C=O) groups is 3. The van der Waals surface area contributed by atoms with E-state index >= 15 is 0 Å². The Morgan fingerprint density at radius 3 is 2.03 bits per heavy atom. The van der Waals surface area contributed by atoms with Gasteiger partial charge in [0, 0.05) is 33.0 Å². The molecule has 1 aliphatic heterocycles. The highest BCUT2D eigenvalue weighted by atomic mass is 79.9. The van der Waals surface area contributed by atoms with Gasteiger partial charge in [-0.05, 0) is 55.8 Å². The van der Waals surface area contributed by atoms with E-state index in [2.05, 4.69) is 21.2 Å². The second kappa shape index (κ2) is 9.55. The molecule has 33 heavy (non-hydrogen) atoms. The van der Waals surface area contributed by atoms with Crippen LogP contribution in [-0.4, -0.2) is 17.6 Å². The van der Waals surface area contributed by atoms with E-state index in [1.807, 2.05) is 60.7 Å². The summed E-state index contributed by atoms with van der Waals surface area (Å²) >= 11 is 3.43. The van der Waals surface area contributed by atoms with E-state index in [9.17, 15) is 14.4 Å². The molecule has 4 rings (SSSR count). The molecule has 1 heterocycles. The largest absolute Gasteiger partial charge is 0.322 e. The molecule has 3 aromatic rings. The molecule has 6 heteroatoms. The number of allylic oxidation sites excluding steroid dienone is 1. The van der Waals surface area contributed by atoms with Gasteiger partial charge < -0.3 is 5.32 Å². The number of rotatable bonds is 5. The molecule has 5 nitrogen and oxygen atoms in total. The summed E-state index contributed by atoms with van der Waals surface area (Å²) in [5.74, 6) is -2.69. The van der Waals surface area contributed by atoms with Crippen LogP contribution < -0.4 is 10.2 Å². The zero-order valence-corrected chi connectivity index (χ0v) is 19.9. The zero-order valence-electron chi connectivity index (χ0n) is 18.3. The van der Waals surface area contributed by atoms with Crippen LogP contribution in [0.1, 0.15) is 25.3 Å². The first kappa shape index (κ1) is 22.7. The lowest BCUT2D eigenvalue weighted by Gasteiger charge is -2.39. The third-order valence-electron chi connectivity index (χ3n) is 5.81. The summed E-state index contributed by atoms with van der Waals surface area (Å²) < 4.78 is 0.870. The van der Waals surface area contributed by atoms with Crippen molar-refractivity contribution in [3.8, 4) is 0 Å². The van der Waals surface area contributed by atoms with Crippen LogP contribution in [0, 0.1) is 5.92 Å². The maximum atomic E-state index is 13.7. The highest BCUT2D eigenvalue weighted by molar-refractivity contribution is 9.10. The van der Waals surface area contributed by atoms with Gasteiger partial charge in [-0.15, -0.1) is 0 Å². The van der Waals surface area contributed by atoms with Gasteiger partial charge >= 0.3 is 0 Å². The van der Waals surface area contributed by atoms with E-state index in [0.29, 0.717) is 22.6 Å². The number of halogens is 1. The summed E-state index contributed by atoms with van der Waals surface area (Å²) in [6.45, 7) is 3.16.